The molecule has 2 aromatic heterocycles. The molecule has 8 heteroatoms. The largest absolute Gasteiger partial charge is 0.460 e. The average molecular weight is 325 g/mol. The number of fused-ring (bicyclic) bond motifs is 1. The molecule has 0 radical (unpaired) electrons. The first-order valence-electron chi connectivity index (χ1n) is 6.97. The molecule has 118 valence electrons. The van der Waals surface area contributed by atoms with Crippen LogP contribution in [-0.4, -0.2) is 31.7 Å². The zero-order valence-corrected chi connectivity index (χ0v) is 13.1. The summed E-state index contributed by atoms with van der Waals surface area (Å²) < 4.78 is 35.6. The molecule has 2 aromatic rings. The number of hydrogen-bond donors (Lipinski definition) is 1. The quantitative estimate of drug-likeness (QED) is 0.851. The second-order valence-corrected chi connectivity index (χ2v) is 6.73. The van der Waals surface area contributed by atoms with Gasteiger partial charge in [-0.15, -0.1) is 0 Å². The van der Waals surface area contributed by atoms with E-state index in [0.717, 1.165) is 12.8 Å². The van der Waals surface area contributed by atoms with Crippen molar-refractivity contribution in [2.75, 3.05) is 6.61 Å². The number of carbonyl (C=O) groups is 1. The zero-order chi connectivity index (χ0) is 15.9. The van der Waals surface area contributed by atoms with Crippen molar-refractivity contribution in [3.8, 4) is 0 Å². The molecule has 1 fully saturated rings. The molecule has 0 bridgehead atoms. The fraction of sp³-hybridized carbons (Fsp3) is 0.429. The summed E-state index contributed by atoms with van der Waals surface area (Å²) in [7, 11) is -1.56. The zero-order valence-electron chi connectivity index (χ0n) is 12.3. The fourth-order valence-corrected chi connectivity index (χ4v) is 3.23. The minimum Gasteiger partial charge on any atom is -0.460 e. The van der Waals surface area contributed by atoms with E-state index < -0.39 is 22.8 Å². The van der Waals surface area contributed by atoms with Crippen molar-refractivity contribution < 1.29 is 18.1 Å². The minimum absolute atomic E-state index is 0.0350. The topological polar surface area (TPSA) is 72.7 Å². The smallest absolute Gasteiger partial charge is 0.374 e. The molecule has 0 aromatic carbocycles. The minimum atomic E-state index is -1.56. The number of halogens is 1. The standard InChI is InChI=1S/C14H16FN3O3S/c1-3-21-13(19)12-16-7-11-10(15)6-9(8-18(11)12)22(20)17-14(2)4-5-14/h6-8,17H,3-5H2,1-2H3. The molecule has 1 aliphatic rings. The molecule has 0 amide bonds. The van der Waals surface area contributed by atoms with E-state index >= 15 is 0 Å². The van der Waals surface area contributed by atoms with E-state index in [0.29, 0.717) is 0 Å². The summed E-state index contributed by atoms with van der Waals surface area (Å²) in [6.45, 7) is 3.83. The van der Waals surface area contributed by atoms with Gasteiger partial charge in [-0.25, -0.2) is 23.1 Å². The van der Waals surface area contributed by atoms with E-state index in [1.54, 1.807) is 6.92 Å². The maximum atomic E-state index is 14.1. The van der Waals surface area contributed by atoms with Gasteiger partial charge in [0.1, 0.15) is 22.3 Å². The Balaban J connectivity index is 2.00. The summed E-state index contributed by atoms with van der Waals surface area (Å²) in [6.07, 6.45) is 4.57. The predicted octanol–water partition coefficient (Wildman–Crippen LogP) is 1.81. The summed E-state index contributed by atoms with van der Waals surface area (Å²) in [5, 5.41) is 0. The van der Waals surface area contributed by atoms with Gasteiger partial charge in [-0.2, -0.15) is 0 Å². The fourth-order valence-electron chi connectivity index (χ4n) is 2.05. The molecule has 6 nitrogen and oxygen atoms in total. The van der Waals surface area contributed by atoms with Crippen LogP contribution in [-0.2, 0) is 15.7 Å². The lowest BCUT2D eigenvalue weighted by Crippen LogP contribution is -2.30. The first kappa shape index (κ1) is 15.1. The third kappa shape index (κ3) is 2.76. The van der Waals surface area contributed by atoms with Crippen molar-refractivity contribution in [3.63, 3.8) is 0 Å². The van der Waals surface area contributed by atoms with Gasteiger partial charge >= 0.3 is 5.97 Å². The van der Waals surface area contributed by atoms with Crippen molar-refractivity contribution in [1.82, 2.24) is 14.1 Å². The van der Waals surface area contributed by atoms with Crippen molar-refractivity contribution in [3.05, 3.63) is 30.1 Å². The van der Waals surface area contributed by atoms with Gasteiger partial charge in [0.2, 0.25) is 5.82 Å². The van der Waals surface area contributed by atoms with Crippen molar-refractivity contribution in [1.29, 1.82) is 0 Å². The number of carbonyl (C=O) groups excluding carboxylic acids is 1. The van der Waals surface area contributed by atoms with Gasteiger partial charge in [0.25, 0.3) is 0 Å². The molecule has 1 saturated carbocycles. The van der Waals surface area contributed by atoms with Crippen molar-refractivity contribution in [2.45, 2.75) is 37.1 Å². The number of ether oxygens (including phenoxy) is 1. The highest BCUT2D eigenvalue weighted by molar-refractivity contribution is 7.83. The Labute approximate surface area is 129 Å². The molecule has 1 N–H and O–H groups in total. The number of rotatable bonds is 5. The first-order valence-corrected chi connectivity index (χ1v) is 8.12. The molecule has 1 atom stereocenters. The highest BCUT2D eigenvalue weighted by atomic mass is 32.2. The van der Waals surface area contributed by atoms with E-state index in [4.69, 9.17) is 4.74 Å². The van der Waals surface area contributed by atoms with E-state index in [1.165, 1.54) is 22.9 Å². The number of nitrogens with zero attached hydrogens (tertiary/aromatic N) is 2. The molecule has 1 unspecified atom stereocenters. The highest BCUT2D eigenvalue weighted by Crippen LogP contribution is 2.35. The van der Waals surface area contributed by atoms with Crippen LogP contribution in [0.3, 0.4) is 0 Å². The van der Waals surface area contributed by atoms with E-state index in [1.807, 2.05) is 6.92 Å². The van der Waals surface area contributed by atoms with E-state index in [2.05, 4.69) is 9.71 Å². The molecule has 2 heterocycles. The summed E-state index contributed by atoms with van der Waals surface area (Å²) in [4.78, 5) is 16.0. The number of aromatic nitrogens is 2. The second kappa shape index (κ2) is 5.44. The summed E-state index contributed by atoms with van der Waals surface area (Å²) >= 11 is 0. The van der Waals surface area contributed by atoms with Crippen LogP contribution in [0.5, 0.6) is 0 Å². The maximum Gasteiger partial charge on any atom is 0.374 e. The van der Waals surface area contributed by atoms with Crippen LogP contribution >= 0.6 is 0 Å². The predicted molar refractivity (Wildman–Crippen MR) is 78.3 cm³/mol. The molecule has 22 heavy (non-hydrogen) atoms. The summed E-state index contributed by atoms with van der Waals surface area (Å²) in [6, 6.07) is 1.20. The van der Waals surface area contributed by atoms with Gasteiger partial charge in [-0.05, 0) is 32.8 Å². The Kier molecular flexibility index (Phi) is 3.73. The molecule has 0 aliphatic heterocycles. The van der Waals surface area contributed by atoms with Gasteiger partial charge < -0.3 is 4.74 Å². The van der Waals surface area contributed by atoms with E-state index in [9.17, 15) is 13.4 Å². The number of hydrogen-bond acceptors (Lipinski definition) is 4. The number of pyridine rings is 1. The Morgan fingerprint density at radius 3 is 2.95 bits per heavy atom. The monoisotopic (exact) mass is 325 g/mol. The number of nitrogens with one attached hydrogen (secondary N) is 1. The number of imidazole rings is 1. The lowest BCUT2D eigenvalue weighted by Gasteiger charge is -2.11. The van der Waals surface area contributed by atoms with Gasteiger partial charge in [-0.3, -0.25) is 4.40 Å². The van der Waals surface area contributed by atoms with Crippen LogP contribution in [0.4, 0.5) is 4.39 Å². The van der Waals surface area contributed by atoms with Crippen molar-refractivity contribution >= 4 is 22.5 Å². The van der Waals surface area contributed by atoms with Gasteiger partial charge in [0.05, 0.1) is 17.7 Å². The average Bonchev–Trinajstić information content (AvgIpc) is 3.02. The Morgan fingerprint density at radius 2 is 2.32 bits per heavy atom. The van der Waals surface area contributed by atoms with Crippen LogP contribution in [0, 0.1) is 5.82 Å². The van der Waals surface area contributed by atoms with Gasteiger partial charge in [0, 0.05) is 11.7 Å². The third-order valence-corrected chi connectivity index (χ3v) is 4.91. The first-order chi connectivity index (χ1) is 10.4. The maximum absolute atomic E-state index is 14.1. The SMILES string of the molecule is CCOC(=O)c1ncc2c(F)cc(S(=O)NC3(C)CC3)cn12. The molecule has 0 saturated heterocycles. The van der Waals surface area contributed by atoms with Gasteiger partial charge in [0.15, 0.2) is 0 Å². The van der Waals surface area contributed by atoms with Crippen LogP contribution in [0.25, 0.3) is 5.52 Å². The van der Waals surface area contributed by atoms with Crippen LogP contribution in [0.15, 0.2) is 23.4 Å². The normalized spacial score (nSPS) is 17.4. The van der Waals surface area contributed by atoms with Crippen LogP contribution in [0.2, 0.25) is 0 Å². The Morgan fingerprint density at radius 1 is 1.59 bits per heavy atom. The number of esters is 1. The lowest BCUT2D eigenvalue weighted by atomic mass is 10.4. The molecule has 3 rings (SSSR count). The highest BCUT2D eigenvalue weighted by Gasteiger charge is 2.39. The van der Waals surface area contributed by atoms with E-state index in [-0.39, 0.29) is 28.4 Å². The second-order valence-electron chi connectivity index (χ2n) is 5.51. The molecular weight excluding hydrogens is 309 g/mol. The summed E-state index contributed by atoms with van der Waals surface area (Å²) in [5.41, 5.74) is -0.0173. The molecule has 0 spiro atoms. The van der Waals surface area contributed by atoms with Crippen molar-refractivity contribution in [2.24, 2.45) is 0 Å². The molecule has 1 aliphatic carbocycles. The van der Waals surface area contributed by atoms with Crippen LogP contribution < -0.4 is 4.72 Å². The Hall–Kier alpha value is -1.80. The van der Waals surface area contributed by atoms with Gasteiger partial charge in [-0.1, -0.05) is 0 Å². The molecular formula is C14H16FN3O3S. The summed E-state index contributed by atoms with van der Waals surface area (Å²) in [5.74, 6) is -1.27. The Bertz CT molecular complexity index is 770. The third-order valence-electron chi connectivity index (χ3n) is 3.58. The lowest BCUT2D eigenvalue weighted by molar-refractivity contribution is 0.0511. The van der Waals surface area contributed by atoms with Crippen LogP contribution in [0.1, 0.15) is 37.3 Å².